The average molecular weight is 296 g/mol. The fraction of sp³-hybridized carbons (Fsp3) is 0.533. The Morgan fingerprint density at radius 3 is 2.25 bits per heavy atom. The molecule has 110 valence electrons. The normalized spacial score (nSPS) is 23.4. The van der Waals surface area contributed by atoms with Gasteiger partial charge in [-0.05, 0) is 37.7 Å². The number of carboxylic acid groups (broad SMARTS) is 1. The highest BCUT2D eigenvalue weighted by Gasteiger charge is 2.32. The van der Waals surface area contributed by atoms with Crippen LogP contribution in [0.3, 0.4) is 0 Å². The standard InChI is InChI=1S/C15H20O4S/c16-15(17)13-6-8-14(9-7-13)20(18,19)11-10-12-4-2-1-3-5-12/h1-5,13-14H,6-11H2,(H,16,17). The molecule has 1 aliphatic carbocycles. The number of carboxylic acids is 1. The molecule has 1 fully saturated rings. The molecule has 4 nitrogen and oxygen atoms in total. The van der Waals surface area contributed by atoms with Crippen LogP contribution in [-0.4, -0.2) is 30.5 Å². The highest BCUT2D eigenvalue weighted by molar-refractivity contribution is 7.92. The summed E-state index contributed by atoms with van der Waals surface area (Å²) < 4.78 is 24.6. The highest BCUT2D eigenvalue weighted by Crippen LogP contribution is 2.29. The number of sulfone groups is 1. The molecular weight excluding hydrogens is 276 g/mol. The molecule has 0 radical (unpaired) electrons. The molecule has 1 aliphatic rings. The summed E-state index contributed by atoms with van der Waals surface area (Å²) in [6, 6.07) is 9.57. The van der Waals surface area contributed by atoms with Crippen LogP contribution in [0.5, 0.6) is 0 Å². The second-order valence-electron chi connectivity index (χ2n) is 5.41. The van der Waals surface area contributed by atoms with Crippen LogP contribution < -0.4 is 0 Å². The second kappa shape index (κ2) is 6.39. The van der Waals surface area contributed by atoms with Gasteiger partial charge in [-0.3, -0.25) is 4.79 Å². The van der Waals surface area contributed by atoms with Crippen molar-refractivity contribution >= 4 is 15.8 Å². The molecule has 1 saturated carbocycles. The number of carbonyl (C=O) groups is 1. The first-order valence-electron chi connectivity index (χ1n) is 6.97. The van der Waals surface area contributed by atoms with Crippen LogP contribution in [-0.2, 0) is 21.1 Å². The Hall–Kier alpha value is -1.36. The van der Waals surface area contributed by atoms with Crippen LogP contribution in [0.15, 0.2) is 30.3 Å². The number of benzene rings is 1. The molecule has 0 heterocycles. The summed E-state index contributed by atoms with van der Waals surface area (Å²) in [4.78, 5) is 10.9. The van der Waals surface area contributed by atoms with E-state index in [1.54, 1.807) is 0 Å². The van der Waals surface area contributed by atoms with Crippen molar-refractivity contribution < 1.29 is 18.3 Å². The number of aliphatic carboxylic acids is 1. The fourth-order valence-corrected chi connectivity index (χ4v) is 4.58. The number of hydrogen-bond donors (Lipinski definition) is 1. The van der Waals surface area contributed by atoms with Crippen molar-refractivity contribution in [2.45, 2.75) is 37.4 Å². The Labute approximate surface area is 119 Å². The summed E-state index contributed by atoms with van der Waals surface area (Å²) in [5.74, 6) is -1.01. The fourth-order valence-electron chi connectivity index (χ4n) is 2.74. The molecule has 1 aromatic rings. The van der Waals surface area contributed by atoms with Gasteiger partial charge in [0.2, 0.25) is 0 Å². The van der Waals surface area contributed by atoms with Gasteiger partial charge < -0.3 is 5.11 Å². The predicted molar refractivity (Wildman–Crippen MR) is 77.3 cm³/mol. The molecule has 0 unspecified atom stereocenters. The molecular formula is C15H20O4S. The Morgan fingerprint density at radius 1 is 1.10 bits per heavy atom. The summed E-state index contributed by atoms with van der Waals surface area (Å²) >= 11 is 0. The third-order valence-electron chi connectivity index (χ3n) is 4.05. The molecule has 0 aromatic heterocycles. The van der Waals surface area contributed by atoms with Gasteiger partial charge in [-0.2, -0.15) is 0 Å². The van der Waals surface area contributed by atoms with Gasteiger partial charge in [-0.1, -0.05) is 30.3 Å². The van der Waals surface area contributed by atoms with Gasteiger partial charge in [0.15, 0.2) is 9.84 Å². The van der Waals surface area contributed by atoms with E-state index in [0.29, 0.717) is 32.1 Å². The van der Waals surface area contributed by atoms with Gasteiger partial charge in [0.25, 0.3) is 0 Å². The zero-order valence-corrected chi connectivity index (χ0v) is 12.2. The van der Waals surface area contributed by atoms with E-state index in [2.05, 4.69) is 0 Å². The van der Waals surface area contributed by atoms with E-state index < -0.39 is 15.8 Å². The van der Waals surface area contributed by atoms with Crippen LogP contribution in [0.25, 0.3) is 0 Å². The van der Waals surface area contributed by atoms with Crippen molar-refractivity contribution in [3.05, 3.63) is 35.9 Å². The molecule has 0 saturated heterocycles. The average Bonchev–Trinajstić information content (AvgIpc) is 2.46. The first kappa shape index (κ1) is 15.0. The third kappa shape index (κ3) is 3.82. The summed E-state index contributed by atoms with van der Waals surface area (Å²) in [7, 11) is -3.12. The van der Waals surface area contributed by atoms with Crippen molar-refractivity contribution in [3.63, 3.8) is 0 Å². The molecule has 0 aliphatic heterocycles. The van der Waals surface area contributed by atoms with E-state index in [0.717, 1.165) is 5.56 Å². The Balaban J connectivity index is 1.90. The van der Waals surface area contributed by atoms with E-state index >= 15 is 0 Å². The lowest BCUT2D eigenvalue weighted by Crippen LogP contribution is -2.31. The smallest absolute Gasteiger partial charge is 0.306 e. The van der Waals surface area contributed by atoms with E-state index in [9.17, 15) is 13.2 Å². The Kier molecular flexibility index (Phi) is 4.81. The molecule has 1 N–H and O–H groups in total. The summed E-state index contributed by atoms with van der Waals surface area (Å²) in [5.41, 5.74) is 1.02. The summed E-state index contributed by atoms with van der Waals surface area (Å²) in [6.07, 6.45) is 2.44. The van der Waals surface area contributed by atoms with E-state index in [-0.39, 0.29) is 16.9 Å². The van der Waals surface area contributed by atoms with Crippen LogP contribution in [0, 0.1) is 5.92 Å². The maximum atomic E-state index is 12.3. The van der Waals surface area contributed by atoms with Crippen molar-refractivity contribution in [2.75, 3.05) is 5.75 Å². The Bertz CT molecular complexity index is 542. The number of rotatable bonds is 5. The summed E-state index contributed by atoms with van der Waals surface area (Å²) in [6.45, 7) is 0. The third-order valence-corrected chi connectivity index (χ3v) is 6.31. The van der Waals surface area contributed by atoms with Gasteiger partial charge in [-0.15, -0.1) is 0 Å². The first-order valence-corrected chi connectivity index (χ1v) is 8.69. The lowest BCUT2D eigenvalue weighted by molar-refractivity contribution is -0.142. The zero-order chi connectivity index (χ0) is 14.6. The van der Waals surface area contributed by atoms with E-state index in [4.69, 9.17) is 5.11 Å². The second-order valence-corrected chi connectivity index (χ2v) is 7.82. The minimum atomic E-state index is -3.12. The lowest BCUT2D eigenvalue weighted by Gasteiger charge is -2.25. The van der Waals surface area contributed by atoms with Crippen molar-refractivity contribution in [1.82, 2.24) is 0 Å². The van der Waals surface area contributed by atoms with Gasteiger partial charge in [0.05, 0.1) is 16.9 Å². The first-order chi connectivity index (χ1) is 9.49. The van der Waals surface area contributed by atoms with E-state index in [1.807, 2.05) is 30.3 Å². The van der Waals surface area contributed by atoms with Crippen LogP contribution in [0.2, 0.25) is 0 Å². The topological polar surface area (TPSA) is 71.4 Å². The maximum Gasteiger partial charge on any atom is 0.306 e. The number of aryl methyl sites for hydroxylation is 1. The lowest BCUT2D eigenvalue weighted by atomic mass is 9.89. The Morgan fingerprint density at radius 2 is 1.70 bits per heavy atom. The molecule has 0 spiro atoms. The minimum Gasteiger partial charge on any atom is -0.481 e. The van der Waals surface area contributed by atoms with Crippen molar-refractivity contribution in [3.8, 4) is 0 Å². The van der Waals surface area contributed by atoms with E-state index in [1.165, 1.54) is 0 Å². The summed E-state index contributed by atoms with van der Waals surface area (Å²) in [5, 5.41) is 8.57. The van der Waals surface area contributed by atoms with Crippen LogP contribution in [0.4, 0.5) is 0 Å². The van der Waals surface area contributed by atoms with Crippen molar-refractivity contribution in [2.24, 2.45) is 5.92 Å². The largest absolute Gasteiger partial charge is 0.481 e. The molecule has 20 heavy (non-hydrogen) atoms. The highest BCUT2D eigenvalue weighted by atomic mass is 32.2. The van der Waals surface area contributed by atoms with Crippen molar-refractivity contribution in [1.29, 1.82) is 0 Å². The molecule has 1 aromatic carbocycles. The molecule has 0 bridgehead atoms. The van der Waals surface area contributed by atoms with Gasteiger partial charge >= 0.3 is 5.97 Å². The van der Waals surface area contributed by atoms with Crippen LogP contribution in [0.1, 0.15) is 31.2 Å². The molecule has 2 rings (SSSR count). The molecule has 5 heteroatoms. The van der Waals surface area contributed by atoms with Gasteiger partial charge in [0, 0.05) is 0 Å². The molecule has 0 amide bonds. The van der Waals surface area contributed by atoms with Gasteiger partial charge in [-0.25, -0.2) is 8.42 Å². The van der Waals surface area contributed by atoms with Crippen LogP contribution >= 0.6 is 0 Å². The monoisotopic (exact) mass is 296 g/mol. The quantitative estimate of drug-likeness (QED) is 0.905. The number of hydrogen-bond acceptors (Lipinski definition) is 3. The predicted octanol–water partition coefficient (Wildman–Crippen LogP) is 2.29. The SMILES string of the molecule is O=C(O)C1CCC(S(=O)(=O)CCc2ccccc2)CC1. The molecule has 0 atom stereocenters. The van der Waals surface area contributed by atoms with Gasteiger partial charge in [0.1, 0.15) is 0 Å². The minimum absolute atomic E-state index is 0.152. The maximum absolute atomic E-state index is 12.3. The zero-order valence-electron chi connectivity index (χ0n) is 11.4.